The maximum atomic E-state index is 12.8. The Morgan fingerprint density at radius 1 is 1.27 bits per heavy atom. The average molecular weight is 384 g/mol. The molecule has 26 heavy (non-hydrogen) atoms. The predicted molar refractivity (Wildman–Crippen MR) is 108 cm³/mol. The minimum absolute atomic E-state index is 0.0143. The van der Waals surface area contributed by atoms with E-state index >= 15 is 0 Å². The highest BCUT2D eigenvalue weighted by Crippen LogP contribution is 2.17. The Kier molecular flexibility index (Phi) is 8.09. The van der Waals surface area contributed by atoms with Crippen LogP contribution in [0.1, 0.15) is 38.3 Å². The van der Waals surface area contributed by atoms with E-state index in [0.29, 0.717) is 23.8 Å². The third-order valence-corrected chi connectivity index (χ3v) is 6.36. The molecule has 1 rings (SSSR count). The first kappa shape index (κ1) is 22.4. The summed E-state index contributed by atoms with van der Waals surface area (Å²) in [5, 5.41) is 6.39. The molecule has 7 heteroatoms. The molecule has 0 aliphatic carbocycles. The molecule has 1 atom stereocenters. The summed E-state index contributed by atoms with van der Waals surface area (Å²) in [7, 11) is -0.0607. The van der Waals surface area contributed by atoms with Crippen molar-refractivity contribution in [2.45, 2.75) is 57.6 Å². The molecule has 1 unspecified atom stereocenters. The molecule has 148 valence electrons. The molecule has 0 aliphatic rings. The van der Waals surface area contributed by atoms with Crippen LogP contribution in [0.2, 0.25) is 0 Å². The number of rotatable bonds is 8. The van der Waals surface area contributed by atoms with E-state index in [1.807, 2.05) is 40.7 Å². The third-order valence-electron chi connectivity index (χ3n) is 4.55. The van der Waals surface area contributed by atoms with Crippen LogP contribution >= 0.6 is 0 Å². The monoisotopic (exact) mass is 383 g/mol. The lowest BCUT2D eigenvalue weighted by Crippen LogP contribution is -2.49. The fourth-order valence-corrected chi connectivity index (χ4v) is 3.96. The number of methoxy groups -OCH3 is 1. The van der Waals surface area contributed by atoms with Gasteiger partial charge in [0.25, 0.3) is 0 Å². The quantitative estimate of drug-likeness (QED) is 0.532. The van der Waals surface area contributed by atoms with Crippen LogP contribution in [-0.2, 0) is 14.6 Å². The molecule has 2 N–H and O–H groups in total. The number of hydrogen-bond donors (Lipinski definition) is 2. The molecule has 6 nitrogen and oxygen atoms in total. The van der Waals surface area contributed by atoms with Crippen molar-refractivity contribution in [1.82, 2.24) is 10.6 Å². The average Bonchev–Trinajstić information content (AvgIpc) is 2.59. The van der Waals surface area contributed by atoms with Gasteiger partial charge in [-0.3, -0.25) is 4.99 Å². The molecule has 0 heterocycles. The SMILES string of the molecule is CCC(CS(=O)(=O)c1ccc(C)c(C)c1)NC(=NC)NCC(C)(C)OC. The van der Waals surface area contributed by atoms with E-state index < -0.39 is 9.84 Å². The van der Waals surface area contributed by atoms with Crippen LogP contribution in [0.15, 0.2) is 28.1 Å². The van der Waals surface area contributed by atoms with Gasteiger partial charge in [-0.05, 0) is 57.4 Å². The number of nitrogens with zero attached hydrogens (tertiary/aromatic N) is 1. The number of benzene rings is 1. The van der Waals surface area contributed by atoms with Gasteiger partial charge < -0.3 is 15.4 Å². The van der Waals surface area contributed by atoms with Crippen molar-refractivity contribution < 1.29 is 13.2 Å². The van der Waals surface area contributed by atoms with Gasteiger partial charge in [-0.25, -0.2) is 8.42 Å². The van der Waals surface area contributed by atoms with E-state index in [0.717, 1.165) is 11.1 Å². The van der Waals surface area contributed by atoms with Crippen molar-refractivity contribution in [3.8, 4) is 0 Å². The first-order chi connectivity index (χ1) is 12.0. The second kappa shape index (κ2) is 9.37. The zero-order valence-corrected chi connectivity index (χ0v) is 17.8. The van der Waals surface area contributed by atoms with Crippen molar-refractivity contribution in [2.75, 3.05) is 26.5 Å². The first-order valence-electron chi connectivity index (χ1n) is 8.87. The number of ether oxygens (including phenoxy) is 1. The molecule has 0 aliphatic heterocycles. The van der Waals surface area contributed by atoms with Crippen LogP contribution in [0.4, 0.5) is 0 Å². The van der Waals surface area contributed by atoms with Crippen LogP contribution in [0.5, 0.6) is 0 Å². The highest BCUT2D eigenvalue weighted by atomic mass is 32.2. The van der Waals surface area contributed by atoms with Gasteiger partial charge in [-0.1, -0.05) is 13.0 Å². The minimum atomic E-state index is -3.38. The summed E-state index contributed by atoms with van der Waals surface area (Å²) in [5.74, 6) is 0.581. The van der Waals surface area contributed by atoms with E-state index in [9.17, 15) is 8.42 Å². The van der Waals surface area contributed by atoms with Crippen molar-refractivity contribution in [3.05, 3.63) is 29.3 Å². The number of sulfone groups is 1. The summed E-state index contributed by atoms with van der Waals surface area (Å²) in [6.45, 7) is 10.3. The number of aryl methyl sites for hydroxylation is 2. The minimum Gasteiger partial charge on any atom is -0.377 e. The Balaban J connectivity index is 2.83. The Morgan fingerprint density at radius 2 is 1.92 bits per heavy atom. The third kappa shape index (κ3) is 6.61. The summed E-state index contributed by atoms with van der Waals surface area (Å²) in [4.78, 5) is 4.55. The second-order valence-electron chi connectivity index (χ2n) is 7.17. The fraction of sp³-hybridized carbons (Fsp3) is 0.632. The molecule has 1 aromatic rings. The topological polar surface area (TPSA) is 79.8 Å². The molecule has 0 saturated heterocycles. The van der Waals surface area contributed by atoms with E-state index in [4.69, 9.17) is 4.74 Å². The highest BCUT2D eigenvalue weighted by Gasteiger charge is 2.22. The van der Waals surface area contributed by atoms with Gasteiger partial charge in [-0.15, -0.1) is 0 Å². The summed E-state index contributed by atoms with van der Waals surface area (Å²) >= 11 is 0. The fourth-order valence-electron chi connectivity index (χ4n) is 2.29. The number of aliphatic imine (C=N–C) groups is 1. The standard InChI is InChI=1S/C19H33N3O3S/c1-8-16(22-18(20-6)21-13-19(4,5)25-7)12-26(23,24)17-10-9-14(2)15(3)11-17/h9-11,16H,8,12-13H2,1-7H3,(H2,20,21,22). The van der Waals surface area contributed by atoms with Crippen molar-refractivity contribution in [2.24, 2.45) is 4.99 Å². The maximum Gasteiger partial charge on any atom is 0.191 e. The highest BCUT2D eigenvalue weighted by molar-refractivity contribution is 7.91. The lowest BCUT2D eigenvalue weighted by molar-refractivity contribution is 0.0268. The Morgan fingerprint density at radius 3 is 2.42 bits per heavy atom. The molecule has 0 amide bonds. The molecule has 0 bridgehead atoms. The van der Waals surface area contributed by atoms with Crippen molar-refractivity contribution in [1.29, 1.82) is 0 Å². The van der Waals surface area contributed by atoms with E-state index in [-0.39, 0.29) is 17.4 Å². The smallest absolute Gasteiger partial charge is 0.191 e. The summed E-state index contributed by atoms with van der Waals surface area (Å²) in [6.07, 6.45) is 0.665. The maximum absolute atomic E-state index is 12.8. The van der Waals surface area contributed by atoms with Gasteiger partial charge in [0.05, 0.1) is 16.2 Å². The summed E-state index contributed by atoms with van der Waals surface area (Å²) in [5.41, 5.74) is 1.72. The largest absolute Gasteiger partial charge is 0.377 e. The Hall–Kier alpha value is -1.60. The van der Waals surface area contributed by atoms with Crippen LogP contribution in [0, 0.1) is 13.8 Å². The van der Waals surface area contributed by atoms with Gasteiger partial charge in [0.1, 0.15) is 0 Å². The normalized spacial score (nSPS) is 14.2. The summed E-state index contributed by atoms with van der Waals surface area (Å²) < 4.78 is 30.9. The van der Waals surface area contributed by atoms with E-state index in [2.05, 4.69) is 15.6 Å². The lowest BCUT2D eigenvalue weighted by Gasteiger charge is -2.26. The van der Waals surface area contributed by atoms with Crippen LogP contribution in [0.3, 0.4) is 0 Å². The van der Waals surface area contributed by atoms with Crippen LogP contribution in [0.25, 0.3) is 0 Å². The zero-order chi connectivity index (χ0) is 20.0. The molecule has 0 spiro atoms. The van der Waals surface area contributed by atoms with Crippen molar-refractivity contribution >= 4 is 15.8 Å². The van der Waals surface area contributed by atoms with E-state index in [1.54, 1.807) is 26.3 Å². The Bertz CT molecular complexity index is 728. The van der Waals surface area contributed by atoms with Gasteiger partial charge in [0, 0.05) is 26.7 Å². The van der Waals surface area contributed by atoms with Gasteiger partial charge >= 0.3 is 0 Å². The molecule has 1 aromatic carbocycles. The van der Waals surface area contributed by atoms with Crippen LogP contribution < -0.4 is 10.6 Å². The second-order valence-corrected chi connectivity index (χ2v) is 9.20. The van der Waals surface area contributed by atoms with Gasteiger partial charge in [0.2, 0.25) is 0 Å². The number of guanidine groups is 1. The van der Waals surface area contributed by atoms with Crippen LogP contribution in [-0.4, -0.2) is 52.5 Å². The molecule has 0 saturated carbocycles. The number of nitrogens with one attached hydrogen (secondary N) is 2. The molecular weight excluding hydrogens is 350 g/mol. The first-order valence-corrected chi connectivity index (χ1v) is 10.5. The predicted octanol–water partition coefficient (Wildman–Crippen LogP) is 2.45. The lowest BCUT2D eigenvalue weighted by atomic mass is 10.1. The van der Waals surface area contributed by atoms with Gasteiger partial charge in [-0.2, -0.15) is 0 Å². The Labute approximate surface area is 158 Å². The summed E-state index contributed by atoms with van der Waals surface area (Å²) in [6, 6.07) is 5.03. The molecule has 0 fully saturated rings. The number of hydrogen-bond acceptors (Lipinski definition) is 4. The van der Waals surface area contributed by atoms with E-state index in [1.165, 1.54) is 0 Å². The van der Waals surface area contributed by atoms with Crippen molar-refractivity contribution in [3.63, 3.8) is 0 Å². The zero-order valence-electron chi connectivity index (χ0n) is 17.0. The van der Waals surface area contributed by atoms with Gasteiger partial charge in [0.15, 0.2) is 15.8 Å². The molecule has 0 aromatic heterocycles. The molecular formula is C19H33N3O3S. The molecule has 0 radical (unpaired) electrons.